The zero-order valence-electron chi connectivity index (χ0n) is 12.9. The molecule has 1 amide bonds. The second kappa shape index (κ2) is 8.13. The number of amides is 1. The summed E-state index contributed by atoms with van der Waals surface area (Å²) in [6, 6.07) is 10.4. The van der Waals surface area contributed by atoms with Gasteiger partial charge < -0.3 is 10.6 Å². The van der Waals surface area contributed by atoms with Crippen molar-refractivity contribution < 1.29 is 18.0 Å². The minimum absolute atomic E-state index is 0.0956. The van der Waals surface area contributed by atoms with E-state index in [9.17, 15) is 18.0 Å². The summed E-state index contributed by atoms with van der Waals surface area (Å²) in [5.41, 5.74) is -1.10. The van der Waals surface area contributed by atoms with Crippen molar-refractivity contribution in [3.63, 3.8) is 0 Å². The van der Waals surface area contributed by atoms with Gasteiger partial charge in [-0.15, -0.1) is 0 Å². The van der Waals surface area contributed by atoms with Crippen LogP contribution in [0.15, 0.2) is 54.2 Å². The highest BCUT2D eigenvalue weighted by Gasteiger charge is 2.30. The van der Waals surface area contributed by atoms with Gasteiger partial charge in [0.1, 0.15) is 11.6 Å². The van der Waals surface area contributed by atoms with Crippen molar-refractivity contribution in [2.24, 2.45) is 0 Å². The molecular weight excluding hydrogens is 390 g/mol. The first-order chi connectivity index (χ1) is 12.2. The third kappa shape index (κ3) is 4.91. The van der Waals surface area contributed by atoms with Gasteiger partial charge in [-0.1, -0.05) is 35.3 Å². The molecule has 0 saturated heterocycles. The number of anilines is 2. The normalized spacial score (nSPS) is 11.6. The fourth-order valence-corrected chi connectivity index (χ4v) is 2.41. The van der Waals surface area contributed by atoms with Gasteiger partial charge in [-0.3, -0.25) is 4.79 Å². The van der Waals surface area contributed by atoms with E-state index in [0.29, 0.717) is 0 Å². The molecule has 2 aromatic carbocycles. The Morgan fingerprint density at radius 2 is 1.73 bits per heavy atom. The first-order valence-corrected chi connectivity index (χ1v) is 7.77. The molecule has 0 fully saturated rings. The Morgan fingerprint density at radius 1 is 1.12 bits per heavy atom. The van der Waals surface area contributed by atoms with Gasteiger partial charge in [0.15, 0.2) is 0 Å². The molecule has 0 aliphatic heterocycles. The van der Waals surface area contributed by atoms with Crippen LogP contribution < -0.4 is 10.6 Å². The summed E-state index contributed by atoms with van der Waals surface area (Å²) in [5, 5.41) is 14.5. The maximum atomic E-state index is 12.7. The van der Waals surface area contributed by atoms with Crippen molar-refractivity contribution in [3.05, 3.63) is 69.8 Å². The van der Waals surface area contributed by atoms with Crippen molar-refractivity contribution in [1.82, 2.24) is 0 Å². The second-order valence-electron chi connectivity index (χ2n) is 4.94. The second-order valence-corrected chi connectivity index (χ2v) is 5.76. The third-order valence-corrected chi connectivity index (χ3v) is 3.77. The van der Waals surface area contributed by atoms with E-state index in [4.69, 9.17) is 28.5 Å². The number of alkyl halides is 3. The molecule has 0 aromatic heterocycles. The Labute approximate surface area is 156 Å². The summed E-state index contributed by atoms with van der Waals surface area (Å²) in [6.07, 6.45) is -3.48. The van der Waals surface area contributed by atoms with Crippen molar-refractivity contribution in [2.45, 2.75) is 6.18 Å². The Hall–Kier alpha value is -2.69. The first kappa shape index (κ1) is 19.6. The van der Waals surface area contributed by atoms with Gasteiger partial charge in [0.25, 0.3) is 5.91 Å². The number of nitriles is 1. The van der Waals surface area contributed by atoms with Crippen LogP contribution in [0.5, 0.6) is 0 Å². The van der Waals surface area contributed by atoms with Crippen molar-refractivity contribution in [1.29, 1.82) is 5.26 Å². The van der Waals surface area contributed by atoms with Crippen LogP contribution in [0.25, 0.3) is 0 Å². The van der Waals surface area contributed by atoms with Gasteiger partial charge in [-0.05, 0) is 30.3 Å². The summed E-state index contributed by atoms with van der Waals surface area (Å²) in [4.78, 5) is 12.1. The average Bonchev–Trinajstić information content (AvgIpc) is 2.57. The van der Waals surface area contributed by atoms with Crippen molar-refractivity contribution >= 4 is 40.5 Å². The molecule has 2 rings (SSSR count). The largest absolute Gasteiger partial charge is 0.416 e. The summed E-state index contributed by atoms with van der Waals surface area (Å²) in [6.45, 7) is 0. The number of halogens is 5. The van der Waals surface area contributed by atoms with Gasteiger partial charge in [-0.25, -0.2) is 0 Å². The summed E-state index contributed by atoms with van der Waals surface area (Å²) in [7, 11) is 0. The number of nitrogens with one attached hydrogen (secondary N) is 2. The highest BCUT2D eigenvalue weighted by Crippen LogP contribution is 2.31. The standard InChI is InChI=1S/C17H10Cl2F3N3O/c18-13-5-2-6-14(19)15(13)24-9-10(8-23)16(26)25-12-4-1-3-11(7-12)17(20,21)22/h1-7,9,24H,(H,25,26)/b10-9-. The molecular formula is C17H10Cl2F3N3O. The van der Waals surface area contributed by atoms with E-state index in [1.54, 1.807) is 24.3 Å². The fourth-order valence-electron chi connectivity index (χ4n) is 1.90. The minimum Gasteiger partial charge on any atom is -0.358 e. The monoisotopic (exact) mass is 399 g/mol. The van der Waals surface area contributed by atoms with E-state index in [-0.39, 0.29) is 27.0 Å². The SMILES string of the molecule is N#C/C(=C/Nc1c(Cl)cccc1Cl)C(=O)Nc1cccc(C(F)(F)F)c1. The molecule has 0 atom stereocenters. The molecule has 0 spiro atoms. The van der Waals surface area contributed by atoms with Gasteiger partial charge in [-0.2, -0.15) is 18.4 Å². The van der Waals surface area contributed by atoms with E-state index >= 15 is 0 Å². The molecule has 0 bridgehead atoms. The number of benzene rings is 2. The lowest BCUT2D eigenvalue weighted by Crippen LogP contribution is -2.15. The first-order valence-electron chi connectivity index (χ1n) is 7.02. The molecule has 134 valence electrons. The maximum absolute atomic E-state index is 12.7. The Kier molecular flexibility index (Phi) is 6.14. The van der Waals surface area contributed by atoms with Crippen LogP contribution >= 0.6 is 23.2 Å². The topological polar surface area (TPSA) is 64.9 Å². The molecule has 0 heterocycles. The average molecular weight is 400 g/mol. The molecule has 0 saturated carbocycles. The lowest BCUT2D eigenvalue weighted by molar-refractivity contribution is -0.137. The molecule has 2 aromatic rings. The lowest BCUT2D eigenvalue weighted by Gasteiger charge is -2.10. The number of rotatable bonds is 4. The van der Waals surface area contributed by atoms with Crippen LogP contribution in [0.3, 0.4) is 0 Å². The molecule has 9 heteroatoms. The van der Waals surface area contributed by atoms with Gasteiger partial charge in [0.05, 0.1) is 21.3 Å². The number of carbonyl (C=O) groups excluding carboxylic acids is 1. The van der Waals surface area contributed by atoms with Crippen LogP contribution in [0.4, 0.5) is 24.5 Å². The fraction of sp³-hybridized carbons (Fsp3) is 0.0588. The Morgan fingerprint density at radius 3 is 2.31 bits per heavy atom. The van der Waals surface area contributed by atoms with Crippen LogP contribution in [0, 0.1) is 11.3 Å². The lowest BCUT2D eigenvalue weighted by atomic mass is 10.2. The van der Waals surface area contributed by atoms with Crippen molar-refractivity contribution in [3.8, 4) is 6.07 Å². The van der Waals surface area contributed by atoms with Gasteiger partial charge >= 0.3 is 6.18 Å². The highest BCUT2D eigenvalue weighted by atomic mass is 35.5. The van der Waals surface area contributed by atoms with Gasteiger partial charge in [0, 0.05) is 11.9 Å². The van der Waals surface area contributed by atoms with E-state index in [0.717, 1.165) is 24.4 Å². The van der Waals surface area contributed by atoms with Crippen molar-refractivity contribution in [2.75, 3.05) is 10.6 Å². The quantitative estimate of drug-likeness (QED) is 0.529. The molecule has 26 heavy (non-hydrogen) atoms. The van der Waals surface area contributed by atoms with Crippen LogP contribution in [0.2, 0.25) is 10.0 Å². The van der Waals surface area contributed by atoms with Crippen LogP contribution in [-0.4, -0.2) is 5.91 Å². The summed E-state index contributed by atoms with van der Waals surface area (Å²) < 4.78 is 38.1. The van der Waals surface area contributed by atoms with E-state index in [2.05, 4.69) is 10.6 Å². The van der Waals surface area contributed by atoms with Crippen LogP contribution in [-0.2, 0) is 11.0 Å². The zero-order valence-corrected chi connectivity index (χ0v) is 14.4. The Bertz CT molecular complexity index is 885. The zero-order chi connectivity index (χ0) is 19.3. The molecule has 0 aliphatic rings. The smallest absolute Gasteiger partial charge is 0.358 e. The Balaban J connectivity index is 2.18. The number of nitrogens with zero attached hydrogens (tertiary/aromatic N) is 1. The minimum atomic E-state index is -4.54. The highest BCUT2D eigenvalue weighted by molar-refractivity contribution is 6.39. The number of hydrogen-bond acceptors (Lipinski definition) is 3. The third-order valence-electron chi connectivity index (χ3n) is 3.14. The molecule has 0 unspecified atom stereocenters. The van der Waals surface area contributed by atoms with E-state index < -0.39 is 17.6 Å². The number of hydrogen-bond donors (Lipinski definition) is 2. The number of para-hydroxylation sites is 1. The molecule has 0 aliphatic carbocycles. The summed E-state index contributed by atoms with van der Waals surface area (Å²) in [5.74, 6) is -0.887. The number of carbonyl (C=O) groups is 1. The predicted molar refractivity (Wildman–Crippen MR) is 93.9 cm³/mol. The molecule has 2 N–H and O–H groups in total. The maximum Gasteiger partial charge on any atom is 0.416 e. The van der Waals surface area contributed by atoms with E-state index in [1.807, 2.05) is 0 Å². The predicted octanol–water partition coefficient (Wildman–Crippen LogP) is 5.47. The summed E-state index contributed by atoms with van der Waals surface area (Å²) >= 11 is 11.9. The molecule has 4 nitrogen and oxygen atoms in total. The van der Waals surface area contributed by atoms with Crippen LogP contribution in [0.1, 0.15) is 5.56 Å². The van der Waals surface area contributed by atoms with Gasteiger partial charge in [0.2, 0.25) is 0 Å². The molecule has 0 radical (unpaired) electrons. The van der Waals surface area contributed by atoms with E-state index in [1.165, 1.54) is 6.07 Å².